The summed E-state index contributed by atoms with van der Waals surface area (Å²) < 4.78 is 44.2. The van der Waals surface area contributed by atoms with Crippen molar-refractivity contribution in [1.29, 1.82) is 0 Å². The Morgan fingerprint density at radius 3 is 2.42 bits per heavy atom. The predicted molar refractivity (Wildman–Crippen MR) is 89.4 cm³/mol. The lowest BCUT2D eigenvalue weighted by Crippen LogP contribution is -2.12. The molecular weight excluding hydrogens is 367 g/mol. The summed E-state index contributed by atoms with van der Waals surface area (Å²) >= 11 is 1.05. The second-order valence-corrected chi connectivity index (χ2v) is 6.88. The standard InChI is InChI=1S/C16H16F3N5OS/c1-9(2)10-4-6-11(7-5-10)13-20-12(25-23-13)8-26-15-22-21-14(24(15)3)16(17,18)19/h4-7,9H,8H2,1-3H3. The second-order valence-electron chi connectivity index (χ2n) is 5.94. The number of nitrogens with zero attached hydrogens (tertiary/aromatic N) is 5. The first kappa shape index (κ1) is 18.4. The Kier molecular flexibility index (Phi) is 5.03. The van der Waals surface area contributed by atoms with E-state index < -0.39 is 12.0 Å². The molecule has 0 amide bonds. The fraction of sp³-hybridized carbons (Fsp3) is 0.375. The van der Waals surface area contributed by atoms with Crippen LogP contribution in [0.4, 0.5) is 13.2 Å². The van der Waals surface area contributed by atoms with Crippen LogP contribution >= 0.6 is 11.8 Å². The lowest BCUT2D eigenvalue weighted by molar-refractivity contribution is -0.147. The van der Waals surface area contributed by atoms with Gasteiger partial charge in [-0.15, -0.1) is 10.2 Å². The molecule has 26 heavy (non-hydrogen) atoms. The maximum atomic E-state index is 12.7. The van der Waals surface area contributed by atoms with Gasteiger partial charge in [-0.1, -0.05) is 55.0 Å². The molecule has 0 bridgehead atoms. The maximum Gasteiger partial charge on any atom is 0.451 e. The molecule has 2 heterocycles. The molecule has 0 radical (unpaired) electrons. The van der Waals surface area contributed by atoms with Crippen molar-refractivity contribution in [2.45, 2.75) is 36.9 Å². The van der Waals surface area contributed by atoms with Crippen molar-refractivity contribution >= 4 is 11.8 Å². The van der Waals surface area contributed by atoms with Crippen molar-refractivity contribution in [1.82, 2.24) is 24.9 Å². The first-order valence-electron chi connectivity index (χ1n) is 7.78. The van der Waals surface area contributed by atoms with Crippen LogP contribution in [0.3, 0.4) is 0 Å². The molecule has 0 atom stereocenters. The van der Waals surface area contributed by atoms with Crippen LogP contribution in [-0.2, 0) is 19.0 Å². The van der Waals surface area contributed by atoms with E-state index in [9.17, 15) is 13.2 Å². The van der Waals surface area contributed by atoms with E-state index in [1.165, 1.54) is 12.6 Å². The number of halogens is 3. The van der Waals surface area contributed by atoms with E-state index in [2.05, 4.69) is 34.2 Å². The first-order chi connectivity index (χ1) is 12.3. The highest BCUT2D eigenvalue weighted by Crippen LogP contribution is 2.30. The quantitative estimate of drug-likeness (QED) is 0.612. The largest absolute Gasteiger partial charge is 0.451 e. The number of hydrogen-bond acceptors (Lipinski definition) is 6. The Morgan fingerprint density at radius 2 is 1.85 bits per heavy atom. The fourth-order valence-electron chi connectivity index (χ4n) is 2.26. The molecule has 1 aromatic carbocycles. The molecule has 138 valence electrons. The van der Waals surface area contributed by atoms with Crippen LogP contribution < -0.4 is 0 Å². The zero-order valence-corrected chi connectivity index (χ0v) is 15.1. The maximum absolute atomic E-state index is 12.7. The Hall–Kier alpha value is -2.36. The van der Waals surface area contributed by atoms with E-state index in [-0.39, 0.29) is 10.9 Å². The van der Waals surface area contributed by atoms with Gasteiger partial charge in [0.25, 0.3) is 0 Å². The molecule has 0 saturated heterocycles. The van der Waals surface area contributed by atoms with Gasteiger partial charge in [-0.05, 0) is 11.5 Å². The first-order valence-corrected chi connectivity index (χ1v) is 8.76. The monoisotopic (exact) mass is 383 g/mol. The third-order valence-corrected chi connectivity index (χ3v) is 4.72. The van der Waals surface area contributed by atoms with Gasteiger partial charge in [-0.3, -0.25) is 0 Å². The molecule has 0 N–H and O–H groups in total. The van der Waals surface area contributed by atoms with Crippen LogP contribution in [0.2, 0.25) is 0 Å². The molecule has 2 aromatic heterocycles. The highest BCUT2D eigenvalue weighted by molar-refractivity contribution is 7.98. The van der Waals surface area contributed by atoms with Crippen molar-refractivity contribution in [2.24, 2.45) is 7.05 Å². The van der Waals surface area contributed by atoms with Crippen molar-refractivity contribution in [3.63, 3.8) is 0 Å². The molecule has 3 aromatic rings. The molecule has 0 fully saturated rings. The molecule has 0 spiro atoms. The molecular formula is C16H16F3N5OS. The topological polar surface area (TPSA) is 69.6 Å². The smallest absolute Gasteiger partial charge is 0.338 e. The summed E-state index contributed by atoms with van der Waals surface area (Å²) in [7, 11) is 1.26. The average Bonchev–Trinajstić information content (AvgIpc) is 3.19. The summed E-state index contributed by atoms with van der Waals surface area (Å²) in [5, 5.41) is 10.8. The van der Waals surface area contributed by atoms with Crippen LogP contribution in [0.15, 0.2) is 33.9 Å². The Morgan fingerprint density at radius 1 is 1.15 bits per heavy atom. The number of rotatable bonds is 5. The summed E-state index contributed by atoms with van der Waals surface area (Å²) in [5.41, 5.74) is 2.02. The fourth-order valence-corrected chi connectivity index (χ4v) is 3.01. The van der Waals surface area contributed by atoms with Gasteiger partial charge in [0.15, 0.2) is 5.16 Å². The molecule has 6 nitrogen and oxygen atoms in total. The van der Waals surface area contributed by atoms with Crippen molar-refractivity contribution in [2.75, 3.05) is 0 Å². The van der Waals surface area contributed by atoms with E-state index in [0.29, 0.717) is 17.6 Å². The molecule has 0 saturated carbocycles. The van der Waals surface area contributed by atoms with Crippen LogP contribution in [0.25, 0.3) is 11.4 Å². The summed E-state index contributed by atoms with van der Waals surface area (Å²) in [6.07, 6.45) is -4.54. The van der Waals surface area contributed by atoms with E-state index in [0.717, 1.165) is 21.9 Å². The third kappa shape index (κ3) is 3.90. The molecule has 0 aliphatic rings. The van der Waals surface area contributed by atoms with Crippen LogP contribution in [0.5, 0.6) is 0 Å². The lowest BCUT2D eigenvalue weighted by atomic mass is 10.0. The van der Waals surface area contributed by atoms with Gasteiger partial charge in [0, 0.05) is 12.6 Å². The van der Waals surface area contributed by atoms with Gasteiger partial charge in [0.05, 0.1) is 5.75 Å². The summed E-state index contributed by atoms with van der Waals surface area (Å²) in [6, 6.07) is 7.83. The Bertz CT molecular complexity index is 886. The number of benzene rings is 1. The summed E-state index contributed by atoms with van der Waals surface area (Å²) in [5.74, 6) is 0.311. The SMILES string of the molecule is CC(C)c1ccc(-c2noc(CSc3nnc(C(F)(F)F)n3C)n2)cc1. The zero-order valence-electron chi connectivity index (χ0n) is 14.3. The highest BCUT2D eigenvalue weighted by Gasteiger charge is 2.37. The van der Waals surface area contributed by atoms with Gasteiger partial charge in [0.2, 0.25) is 17.5 Å². The number of thioether (sulfide) groups is 1. The highest BCUT2D eigenvalue weighted by atomic mass is 32.2. The Balaban J connectivity index is 1.68. The van der Waals surface area contributed by atoms with Gasteiger partial charge in [-0.25, -0.2) is 0 Å². The van der Waals surface area contributed by atoms with Gasteiger partial charge >= 0.3 is 6.18 Å². The predicted octanol–water partition coefficient (Wildman–Crippen LogP) is 4.30. The second kappa shape index (κ2) is 7.10. The van der Waals surface area contributed by atoms with Gasteiger partial charge < -0.3 is 9.09 Å². The lowest BCUT2D eigenvalue weighted by Gasteiger charge is -2.05. The van der Waals surface area contributed by atoms with Crippen molar-refractivity contribution in [3.8, 4) is 11.4 Å². The molecule has 3 rings (SSSR count). The van der Waals surface area contributed by atoms with Crippen LogP contribution in [0.1, 0.15) is 37.0 Å². The van der Waals surface area contributed by atoms with E-state index in [4.69, 9.17) is 4.52 Å². The van der Waals surface area contributed by atoms with E-state index in [1.54, 1.807) is 0 Å². The zero-order chi connectivity index (χ0) is 18.9. The minimum absolute atomic E-state index is 0.123. The van der Waals surface area contributed by atoms with Crippen molar-refractivity contribution in [3.05, 3.63) is 41.5 Å². The summed E-state index contributed by atoms with van der Waals surface area (Å²) in [4.78, 5) is 4.28. The Labute approximate surface area is 151 Å². The van der Waals surface area contributed by atoms with Gasteiger partial charge in [-0.2, -0.15) is 18.2 Å². The normalized spacial score (nSPS) is 12.1. The average molecular weight is 383 g/mol. The molecule has 10 heteroatoms. The number of aromatic nitrogens is 5. The molecule has 0 aliphatic heterocycles. The van der Waals surface area contributed by atoms with Crippen LogP contribution in [-0.4, -0.2) is 24.9 Å². The van der Waals surface area contributed by atoms with E-state index >= 15 is 0 Å². The number of alkyl halides is 3. The summed E-state index contributed by atoms with van der Waals surface area (Å²) in [6.45, 7) is 4.21. The van der Waals surface area contributed by atoms with E-state index in [1.807, 2.05) is 24.3 Å². The van der Waals surface area contributed by atoms with Crippen molar-refractivity contribution < 1.29 is 17.7 Å². The van der Waals surface area contributed by atoms with Gasteiger partial charge in [0.1, 0.15) is 0 Å². The molecule has 0 unspecified atom stereocenters. The third-order valence-electron chi connectivity index (χ3n) is 3.72. The van der Waals surface area contributed by atoms with Crippen LogP contribution in [0, 0.1) is 0 Å². The number of hydrogen-bond donors (Lipinski definition) is 0. The minimum atomic E-state index is -4.54. The minimum Gasteiger partial charge on any atom is -0.338 e. The molecule has 0 aliphatic carbocycles.